The number of hydrogen-bond donors (Lipinski definition) is 3. The van der Waals surface area contributed by atoms with Gasteiger partial charge in [0.1, 0.15) is 11.4 Å². The van der Waals surface area contributed by atoms with E-state index in [9.17, 15) is 4.79 Å². The predicted molar refractivity (Wildman–Crippen MR) is 80.6 cm³/mol. The monoisotopic (exact) mass is 280 g/mol. The molecule has 0 aromatic carbocycles. The van der Waals surface area contributed by atoms with E-state index < -0.39 is 0 Å². The van der Waals surface area contributed by atoms with E-state index in [4.69, 9.17) is 16.2 Å². The number of anilines is 2. The standard InChI is InChI=1S/C14H24N4O2/c1-14(2,3)20-13-10(15)7-8-12(18-13)17-9-5-4-6-11(16)19/h7-8H,4-6,9,15H2,1-3H3,(H2,16,19)(H,17,18). The highest BCUT2D eigenvalue weighted by atomic mass is 16.5. The van der Waals surface area contributed by atoms with Gasteiger partial charge in [0.05, 0.1) is 5.69 Å². The van der Waals surface area contributed by atoms with Gasteiger partial charge in [-0.05, 0) is 45.7 Å². The second-order valence-corrected chi connectivity index (χ2v) is 5.66. The Kier molecular flexibility index (Phi) is 5.61. The van der Waals surface area contributed by atoms with E-state index in [-0.39, 0.29) is 11.5 Å². The number of unbranched alkanes of at least 4 members (excludes halogenated alkanes) is 1. The second kappa shape index (κ2) is 6.98. The highest BCUT2D eigenvalue weighted by Gasteiger charge is 2.15. The molecule has 1 aromatic heterocycles. The lowest BCUT2D eigenvalue weighted by Gasteiger charge is -2.21. The van der Waals surface area contributed by atoms with Crippen molar-refractivity contribution in [3.05, 3.63) is 12.1 Å². The number of nitrogens with zero attached hydrogens (tertiary/aromatic N) is 1. The molecule has 0 unspecified atom stereocenters. The van der Waals surface area contributed by atoms with Crippen LogP contribution >= 0.6 is 0 Å². The highest BCUT2D eigenvalue weighted by molar-refractivity contribution is 5.73. The Balaban J connectivity index is 2.51. The third kappa shape index (κ3) is 6.26. The Morgan fingerprint density at radius 2 is 2.05 bits per heavy atom. The summed E-state index contributed by atoms with van der Waals surface area (Å²) in [4.78, 5) is 14.9. The number of nitrogens with one attached hydrogen (secondary N) is 1. The summed E-state index contributed by atoms with van der Waals surface area (Å²) in [6, 6.07) is 3.57. The molecule has 0 saturated carbocycles. The van der Waals surface area contributed by atoms with Crippen LogP contribution in [0.5, 0.6) is 5.88 Å². The fraction of sp³-hybridized carbons (Fsp3) is 0.571. The first-order valence-corrected chi connectivity index (χ1v) is 6.75. The average Bonchev–Trinajstić information content (AvgIpc) is 2.30. The summed E-state index contributed by atoms with van der Waals surface area (Å²) < 4.78 is 5.69. The molecule has 6 nitrogen and oxygen atoms in total. The molecule has 1 heterocycles. The van der Waals surface area contributed by atoms with Gasteiger partial charge in [-0.25, -0.2) is 0 Å². The summed E-state index contributed by atoms with van der Waals surface area (Å²) in [6.45, 7) is 6.55. The zero-order chi connectivity index (χ0) is 15.2. The van der Waals surface area contributed by atoms with Crippen molar-refractivity contribution in [1.29, 1.82) is 0 Å². The van der Waals surface area contributed by atoms with Crippen LogP contribution in [0.4, 0.5) is 11.5 Å². The van der Waals surface area contributed by atoms with Gasteiger partial charge in [0.25, 0.3) is 0 Å². The Morgan fingerprint density at radius 3 is 2.65 bits per heavy atom. The maximum absolute atomic E-state index is 10.6. The molecule has 0 aliphatic rings. The molecule has 0 radical (unpaired) electrons. The van der Waals surface area contributed by atoms with Gasteiger partial charge < -0.3 is 21.5 Å². The normalized spacial score (nSPS) is 11.2. The smallest absolute Gasteiger partial charge is 0.239 e. The van der Waals surface area contributed by atoms with E-state index in [1.807, 2.05) is 20.8 Å². The van der Waals surface area contributed by atoms with Gasteiger partial charge in [0.15, 0.2) is 0 Å². The zero-order valence-corrected chi connectivity index (χ0v) is 12.4. The van der Waals surface area contributed by atoms with Crippen LogP contribution in [-0.2, 0) is 4.79 Å². The van der Waals surface area contributed by atoms with Crippen LogP contribution in [0, 0.1) is 0 Å². The van der Waals surface area contributed by atoms with Gasteiger partial charge >= 0.3 is 0 Å². The van der Waals surface area contributed by atoms with Crippen LogP contribution in [0.3, 0.4) is 0 Å². The molecule has 0 bridgehead atoms. The van der Waals surface area contributed by atoms with Crippen molar-refractivity contribution in [2.75, 3.05) is 17.6 Å². The van der Waals surface area contributed by atoms with Crippen molar-refractivity contribution in [1.82, 2.24) is 4.98 Å². The number of nitrogens with two attached hydrogens (primary N) is 2. The molecule has 1 rings (SSSR count). The van der Waals surface area contributed by atoms with Crippen LogP contribution in [-0.4, -0.2) is 23.0 Å². The molecule has 0 aliphatic carbocycles. The minimum atomic E-state index is -0.346. The van der Waals surface area contributed by atoms with E-state index in [1.165, 1.54) is 0 Å². The largest absolute Gasteiger partial charge is 0.470 e. The molecule has 20 heavy (non-hydrogen) atoms. The first-order chi connectivity index (χ1) is 9.28. The summed E-state index contributed by atoms with van der Waals surface area (Å²) >= 11 is 0. The van der Waals surface area contributed by atoms with Crippen molar-refractivity contribution >= 4 is 17.4 Å². The minimum Gasteiger partial charge on any atom is -0.470 e. The molecular formula is C14H24N4O2. The topological polar surface area (TPSA) is 103 Å². The molecule has 5 N–H and O–H groups in total. The summed E-state index contributed by atoms with van der Waals surface area (Å²) in [7, 11) is 0. The number of carbonyl (C=O) groups is 1. The Bertz CT molecular complexity index is 455. The van der Waals surface area contributed by atoms with Crippen molar-refractivity contribution in [2.24, 2.45) is 5.73 Å². The quantitative estimate of drug-likeness (QED) is 0.662. The van der Waals surface area contributed by atoms with Crippen molar-refractivity contribution in [2.45, 2.75) is 45.6 Å². The number of pyridine rings is 1. The molecule has 6 heteroatoms. The van der Waals surface area contributed by atoms with Crippen LogP contribution in [0.1, 0.15) is 40.0 Å². The molecule has 0 fully saturated rings. The van der Waals surface area contributed by atoms with E-state index in [0.717, 1.165) is 19.4 Å². The van der Waals surface area contributed by atoms with E-state index in [1.54, 1.807) is 12.1 Å². The third-order valence-electron chi connectivity index (χ3n) is 2.45. The highest BCUT2D eigenvalue weighted by Crippen LogP contribution is 2.24. The third-order valence-corrected chi connectivity index (χ3v) is 2.45. The summed E-state index contributed by atoms with van der Waals surface area (Å²) in [5.74, 6) is 0.869. The Hall–Kier alpha value is -1.98. The first-order valence-electron chi connectivity index (χ1n) is 6.75. The summed E-state index contributed by atoms with van der Waals surface area (Å²) in [5.41, 5.74) is 11.1. The van der Waals surface area contributed by atoms with Gasteiger partial charge in [0, 0.05) is 13.0 Å². The van der Waals surface area contributed by atoms with Gasteiger partial charge in [-0.3, -0.25) is 4.79 Å². The number of aromatic nitrogens is 1. The Morgan fingerprint density at radius 1 is 1.35 bits per heavy atom. The van der Waals surface area contributed by atoms with Crippen LogP contribution in [0.15, 0.2) is 12.1 Å². The first kappa shape index (κ1) is 16.1. The van der Waals surface area contributed by atoms with Gasteiger partial charge in [-0.15, -0.1) is 0 Å². The fourth-order valence-electron chi connectivity index (χ4n) is 1.56. The minimum absolute atomic E-state index is 0.267. The maximum atomic E-state index is 10.6. The molecule has 112 valence electrons. The maximum Gasteiger partial charge on any atom is 0.239 e. The van der Waals surface area contributed by atoms with Crippen molar-refractivity contribution < 1.29 is 9.53 Å². The number of amides is 1. The van der Waals surface area contributed by atoms with Crippen LogP contribution in [0.25, 0.3) is 0 Å². The SMILES string of the molecule is CC(C)(C)Oc1nc(NCCCCC(N)=O)ccc1N. The number of rotatable bonds is 7. The van der Waals surface area contributed by atoms with E-state index in [2.05, 4.69) is 10.3 Å². The number of carbonyl (C=O) groups excluding carboxylic acids is 1. The number of ether oxygens (including phenoxy) is 1. The summed E-state index contributed by atoms with van der Waals surface area (Å²) in [5, 5.41) is 3.17. The van der Waals surface area contributed by atoms with Crippen LogP contribution in [0.2, 0.25) is 0 Å². The number of hydrogen-bond acceptors (Lipinski definition) is 5. The molecule has 1 aromatic rings. The lowest BCUT2D eigenvalue weighted by molar-refractivity contribution is -0.118. The van der Waals surface area contributed by atoms with Crippen LogP contribution < -0.4 is 21.5 Å². The molecule has 1 amide bonds. The lowest BCUT2D eigenvalue weighted by Crippen LogP contribution is -2.24. The summed E-state index contributed by atoms with van der Waals surface area (Å²) in [6.07, 6.45) is 2.03. The van der Waals surface area contributed by atoms with Gasteiger partial charge in [-0.1, -0.05) is 0 Å². The van der Waals surface area contributed by atoms with E-state index >= 15 is 0 Å². The molecule has 0 atom stereocenters. The molecular weight excluding hydrogens is 256 g/mol. The van der Waals surface area contributed by atoms with Crippen molar-refractivity contribution in [3.8, 4) is 5.88 Å². The average molecular weight is 280 g/mol. The van der Waals surface area contributed by atoms with Gasteiger partial charge in [0.2, 0.25) is 11.8 Å². The van der Waals surface area contributed by atoms with Crippen molar-refractivity contribution in [3.63, 3.8) is 0 Å². The molecule has 0 saturated heterocycles. The number of nitrogen functional groups attached to an aromatic ring is 1. The predicted octanol–water partition coefficient (Wildman–Crippen LogP) is 1.91. The molecule has 0 spiro atoms. The Labute approximate surface area is 119 Å². The number of primary amides is 1. The second-order valence-electron chi connectivity index (χ2n) is 5.66. The molecule has 0 aliphatic heterocycles. The zero-order valence-electron chi connectivity index (χ0n) is 12.4. The van der Waals surface area contributed by atoms with Gasteiger partial charge in [-0.2, -0.15) is 4.98 Å². The van der Waals surface area contributed by atoms with E-state index in [0.29, 0.717) is 23.8 Å². The fourth-order valence-corrected chi connectivity index (χ4v) is 1.56. The lowest BCUT2D eigenvalue weighted by atomic mass is 10.2.